The first-order valence-electron chi connectivity index (χ1n) is 19.5. The van der Waals surface area contributed by atoms with Crippen molar-refractivity contribution < 1.29 is 75.4 Å². The average molecular weight is 933 g/mol. The van der Waals surface area contributed by atoms with E-state index in [1.54, 1.807) is 0 Å². The van der Waals surface area contributed by atoms with Gasteiger partial charge in [0.1, 0.15) is 0 Å². The molecule has 0 saturated carbocycles. The molecule has 59 heavy (non-hydrogen) atoms. The molecule has 0 N–H and O–H groups in total. The van der Waals surface area contributed by atoms with Crippen LogP contribution in [0, 0.1) is 31.3 Å². The van der Waals surface area contributed by atoms with Crippen LogP contribution in [0.4, 0.5) is 26.3 Å². The number of hydrogen-bond acceptors (Lipinski definition) is 0. The number of halogens is 8. The van der Waals surface area contributed by atoms with Crippen LogP contribution in [0.1, 0.15) is 127 Å². The molecule has 0 saturated heterocycles. The minimum absolute atomic E-state index is 0. The van der Waals surface area contributed by atoms with Gasteiger partial charge in [0.25, 0.3) is 0 Å². The van der Waals surface area contributed by atoms with Crippen LogP contribution in [-0.4, -0.2) is 3.21 Å². The molecule has 0 radical (unpaired) electrons. The molecule has 1 aliphatic carbocycles. The van der Waals surface area contributed by atoms with Gasteiger partial charge in [0.2, 0.25) is 0 Å². The predicted octanol–water partition coefficient (Wildman–Crippen LogP) is 9.52. The van der Waals surface area contributed by atoms with Crippen LogP contribution in [0.15, 0.2) is 96.6 Å². The molecule has 0 nitrogen and oxygen atoms in total. The molecule has 0 spiro atoms. The molecule has 0 fully saturated rings. The Balaban J connectivity index is 0.000000314. The van der Waals surface area contributed by atoms with Crippen LogP contribution < -0.4 is 24.8 Å². The van der Waals surface area contributed by atoms with Crippen LogP contribution in [0.5, 0.6) is 0 Å². The summed E-state index contributed by atoms with van der Waals surface area (Å²) >= 11 is 0.729. The van der Waals surface area contributed by atoms with Crippen molar-refractivity contribution in [1.82, 2.24) is 0 Å². The minimum atomic E-state index is -4.49. The van der Waals surface area contributed by atoms with Crippen LogP contribution >= 0.6 is 0 Å². The second-order valence-electron chi connectivity index (χ2n) is 18.3. The molecule has 9 heteroatoms. The number of aryl methyl sites for hydroxylation is 2. The quantitative estimate of drug-likeness (QED) is 0.125. The molecule has 1 unspecified atom stereocenters. The van der Waals surface area contributed by atoms with E-state index in [0.29, 0.717) is 14.5 Å². The van der Waals surface area contributed by atoms with E-state index in [1.165, 1.54) is 86.5 Å². The van der Waals surface area contributed by atoms with E-state index in [4.69, 9.17) is 0 Å². The Bertz CT molecular complexity index is 2150. The molecule has 318 valence electrons. The summed E-state index contributed by atoms with van der Waals surface area (Å²) in [6, 6.07) is 21.1. The normalized spacial score (nSPS) is 14.4. The Morgan fingerprint density at radius 2 is 1.03 bits per heavy atom. The summed E-state index contributed by atoms with van der Waals surface area (Å²) in [7, 11) is 0. The zero-order valence-corrected chi connectivity index (χ0v) is 40.1. The molecular formula is C50H56Cl2F6Zr-2. The zero-order chi connectivity index (χ0) is 42.9. The summed E-state index contributed by atoms with van der Waals surface area (Å²) < 4.78 is 76.7. The fourth-order valence-electron chi connectivity index (χ4n) is 7.27. The summed E-state index contributed by atoms with van der Waals surface area (Å²) in [4.78, 5) is 0. The molecule has 5 aromatic carbocycles. The number of alkyl halides is 6. The number of benzene rings is 4. The van der Waals surface area contributed by atoms with Crippen molar-refractivity contribution in [3.63, 3.8) is 0 Å². The van der Waals surface area contributed by atoms with Crippen molar-refractivity contribution in [3.05, 3.63) is 147 Å². The third kappa shape index (κ3) is 13.6. The first-order valence-corrected chi connectivity index (χ1v) is 20.7. The Labute approximate surface area is 375 Å². The molecule has 0 amide bonds. The molecule has 0 aromatic heterocycles. The van der Waals surface area contributed by atoms with E-state index in [9.17, 15) is 26.3 Å². The molecule has 0 aliphatic heterocycles. The Morgan fingerprint density at radius 3 is 1.36 bits per heavy atom. The smallest absolute Gasteiger partial charge is 1.00 e. The summed E-state index contributed by atoms with van der Waals surface area (Å²) in [5, 5.41) is 5.55. The van der Waals surface area contributed by atoms with Crippen molar-refractivity contribution in [2.45, 2.75) is 119 Å². The molecule has 1 aliphatic rings. The average Bonchev–Trinajstić information content (AvgIpc) is 3.70. The van der Waals surface area contributed by atoms with Gasteiger partial charge in [-0.05, 0) is 24.7 Å². The molecule has 0 bridgehead atoms. The van der Waals surface area contributed by atoms with Crippen LogP contribution in [0.25, 0.3) is 21.5 Å². The van der Waals surface area contributed by atoms with Crippen molar-refractivity contribution in [2.24, 2.45) is 11.3 Å². The third-order valence-electron chi connectivity index (χ3n) is 10.3. The topological polar surface area (TPSA) is 0 Å². The summed E-state index contributed by atoms with van der Waals surface area (Å²) in [5.74, 6) is 0.587. The SMILES string of the molecule is CCCC1[C-]=CC(C(C)(C)C)=C1.Cc1cc2[cH-]c3cc(C)c(C(C)(C)C)cc3c2cc1C(C)(C)C.FC(F)(F)c1cccc([C](=[Zr+2])c2cccc(C(F)(F)F)c2)c1.[Cl-].[Cl-]. The Kier molecular flexibility index (Phi) is 17.6. The monoisotopic (exact) mass is 930 g/mol. The summed E-state index contributed by atoms with van der Waals surface area (Å²) in [5.41, 5.74) is 6.70. The van der Waals surface area contributed by atoms with Gasteiger partial charge in [-0.15, -0.1) is 39.7 Å². The maximum atomic E-state index is 12.7. The number of allylic oxidation sites excluding steroid dienone is 4. The van der Waals surface area contributed by atoms with E-state index >= 15 is 0 Å². The van der Waals surface area contributed by atoms with Crippen molar-refractivity contribution in [3.8, 4) is 0 Å². The minimum Gasteiger partial charge on any atom is -1.00 e. The van der Waals surface area contributed by atoms with E-state index < -0.39 is 23.5 Å². The van der Waals surface area contributed by atoms with E-state index in [0.717, 1.165) is 48.5 Å². The van der Waals surface area contributed by atoms with Gasteiger partial charge in [0, 0.05) is 0 Å². The maximum Gasteiger partial charge on any atom is -1.00 e. The van der Waals surface area contributed by atoms with Crippen molar-refractivity contribution >= 4 is 24.8 Å². The second-order valence-corrected chi connectivity index (χ2v) is 19.5. The van der Waals surface area contributed by atoms with Gasteiger partial charge >= 0.3 is 137 Å². The molecule has 1 atom stereocenters. The van der Waals surface area contributed by atoms with Gasteiger partial charge in [-0.1, -0.05) is 128 Å². The molecule has 0 heterocycles. The first kappa shape index (κ1) is 52.3. The van der Waals surface area contributed by atoms with Gasteiger partial charge in [0.05, 0.1) is 0 Å². The Morgan fingerprint density at radius 1 is 0.627 bits per heavy atom. The largest absolute Gasteiger partial charge is 1.00 e. The predicted molar refractivity (Wildman–Crippen MR) is 224 cm³/mol. The van der Waals surface area contributed by atoms with Crippen LogP contribution in [0.3, 0.4) is 0 Å². The second kappa shape index (κ2) is 19.9. The third-order valence-corrected chi connectivity index (χ3v) is 11.7. The van der Waals surface area contributed by atoms with E-state index in [1.807, 2.05) is 0 Å². The van der Waals surface area contributed by atoms with Gasteiger partial charge in [-0.3, -0.25) is 6.08 Å². The van der Waals surface area contributed by atoms with Gasteiger partial charge in [-0.2, -0.15) is 11.6 Å². The zero-order valence-electron chi connectivity index (χ0n) is 36.2. The summed E-state index contributed by atoms with van der Waals surface area (Å²) in [6.07, 6.45) is 1.45. The fraction of sp³-hybridized carbons (Fsp3) is 0.400. The van der Waals surface area contributed by atoms with Crippen LogP contribution in [-0.2, 0) is 47.4 Å². The van der Waals surface area contributed by atoms with Crippen molar-refractivity contribution in [2.75, 3.05) is 0 Å². The number of rotatable bonds is 4. The Hall–Kier alpha value is -2.86. The molecule has 5 aromatic rings. The fourth-order valence-corrected chi connectivity index (χ4v) is 8.04. The van der Waals surface area contributed by atoms with E-state index in [-0.39, 0.29) is 46.8 Å². The molecule has 6 rings (SSSR count). The van der Waals surface area contributed by atoms with E-state index in [2.05, 4.69) is 132 Å². The maximum absolute atomic E-state index is 12.7. The van der Waals surface area contributed by atoms with Crippen molar-refractivity contribution in [1.29, 1.82) is 0 Å². The molecular weight excluding hydrogens is 877 g/mol. The van der Waals surface area contributed by atoms with Gasteiger partial charge in [-0.25, -0.2) is 6.08 Å². The van der Waals surface area contributed by atoms with Crippen LogP contribution in [0.2, 0.25) is 0 Å². The van der Waals surface area contributed by atoms with Gasteiger partial charge < -0.3 is 24.8 Å². The number of hydrogen-bond donors (Lipinski definition) is 0. The standard InChI is InChI=1S/C23H29.C15H8F6.C12H19.2ClH.Zr/c1-14-9-16-11-17-10-15(2)21(23(6,7)8)13-19(17)18(16)12-20(14)22(3,4)5;16-14(17,18)12-5-1-3-10(8-12)7-11-4-2-6-13(9-11)15(19,20)21;1-5-6-10-7-8-11(9-10)12(2,3)4;;;/h9-13H,1-8H3;1-6,8-9H;8-10H,5-6H2,1-4H3;2*1H;/q-1;;-1;;;+2/p-2. The van der Waals surface area contributed by atoms with Gasteiger partial charge in [0.15, 0.2) is 0 Å². The number of fused-ring (bicyclic) bond motifs is 3. The summed E-state index contributed by atoms with van der Waals surface area (Å²) in [6.45, 7) is 27.3. The first-order chi connectivity index (χ1) is 26.1.